The summed E-state index contributed by atoms with van der Waals surface area (Å²) in [5.41, 5.74) is 2.92. The predicted octanol–water partition coefficient (Wildman–Crippen LogP) is 4.16. The fourth-order valence-electron chi connectivity index (χ4n) is 2.16. The molecule has 0 aliphatic heterocycles. The molecule has 0 saturated carbocycles. The highest BCUT2D eigenvalue weighted by Crippen LogP contribution is 2.37. The first-order valence-electron chi connectivity index (χ1n) is 6.63. The first-order valence-corrected chi connectivity index (χ1v) is 6.63. The van der Waals surface area contributed by atoms with Gasteiger partial charge in [-0.15, -0.1) is 0 Å². The number of aliphatic hydroxyl groups is 1. The van der Waals surface area contributed by atoms with Gasteiger partial charge >= 0.3 is 0 Å². The number of benzene rings is 2. The molecular weight excluding hydrogens is 252 g/mol. The molecule has 0 amide bonds. The summed E-state index contributed by atoms with van der Waals surface area (Å²) in [6.07, 6.45) is -0.661. The third-order valence-corrected chi connectivity index (χ3v) is 3.44. The van der Waals surface area contributed by atoms with Gasteiger partial charge in [0.1, 0.15) is 17.2 Å². The van der Waals surface area contributed by atoms with E-state index in [0.29, 0.717) is 17.1 Å². The summed E-state index contributed by atoms with van der Waals surface area (Å²) in [6.45, 7) is 5.77. The Morgan fingerprint density at radius 1 is 0.950 bits per heavy atom. The van der Waals surface area contributed by atoms with Gasteiger partial charge in [-0.2, -0.15) is 0 Å². The molecule has 0 heterocycles. The molecule has 3 nitrogen and oxygen atoms in total. The third kappa shape index (κ3) is 2.78. The van der Waals surface area contributed by atoms with Gasteiger partial charge in [-0.1, -0.05) is 18.2 Å². The number of rotatable bonds is 4. The summed E-state index contributed by atoms with van der Waals surface area (Å²) in [5.74, 6) is 2.04. The van der Waals surface area contributed by atoms with Crippen LogP contribution < -0.4 is 9.47 Å². The number of aryl methyl sites for hydroxylation is 1. The van der Waals surface area contributed by atoms with Crippen molar-refractivity contribution in [1.82, 2.24) is 0 Å². The lowest BCUT2D eigenvalue weighted by atomic mass is 10.1. The Balaban J connectivity index is 2.46. The number of methoxy groups -OCH3 is 1. The lowest BCUT2D eigenvalue weighted by Gasteiger charge is -2.17. The minimum absolute atomic E-state index is 0.619. The molecule has 0 unspecified atom stereocenters. The van der Waals surface area contributed by atoms with Crippen molar-refractivity contribution >= 4 is 0 Å². The van der Waals surface area contributed by atoms with Crippen LogP contribution in [-0.4, -0.2) is 12.2 Å². The standard InChI is InChI=1S/C17H20O3/c1-11-7-5-8-14(12(11)2)20-16-10-6-9-15(19-4)17(16)13(3)18/h5-10,13,18H,1-4H3/t13-/m0/s1. The van der Waals surface area contributed by atoms with E-state index in [1.54, 1.807) is 14.0 Å². The number of hydrogen-bond donors (Lipinski definition) is 1. The molecule has 0 radical (unpaired) electrons. The number of ether oxygens (including phenoxy) is 2. The van der Waals surface area contributed by atoms with Crippen molar-refractivity contribution < 1.29 is 14.6 Å². The van der Waals surface area contributed by atoms with Crippen LogP contribution in [0.5, 0.6) is 17.2 Å². The lowest BCUT2D eigenvalue weighted by Crippen LogP contribution is -2.00. The van der Waals surface area contributed by atoms with Crippen molar-refractivity contribution in [1.29, 1.82) is 0 Å². The van der Waals surface area contributed by atoms with Gasteiger partial charge in [0.25, 0.3) is 0 Å². The molecule has 20 heavy (non-hydrogen) atoms. The maximum atomic E-state index is 9.96. The smallest absolute Gasteiger partial charge is 0.136 e. The van der Waals surface area contributed by atoms with Gasteiger partial charge in [0.05, 0.1) is 18.8 Å². The van der Waals surface area contributed by atoms with Crippen molar-refractivity contribution in [2.24, 2.45) is 0 Å². The van der Waals surface area contributed by atoms with Gasteiger partial charge in [-0.3, -0.25) is 0 Å². The Morgan fingerprint density at radius 2 is 1.55 bits per heavy atom. The number of aliphatic hydroxyl groups excluding tert-OH is 1. The molecule has 1 N–H and O–H groups in total. The van der Waals surface area contributed by atoms with E-state index in [0.717, 1.165) is 11.3 Å². The van der Waals surface area contributed by atoms with Gasteiger partial charge in [0, 0.05) is 0 Å². The van der Waals surface area contributed by atoms with E-state index >= 15 is 0 Å². The highest BCUT2D eigenvalue weighted by atomic mass is 16.5. The van der Waals surface area contributed by atoms with Crippen LogP contribution in [0.15, 0.2) is 36.4 Å². The summed E-state index contributed by atoms with van der Waals surface area (Å²) in [4.78, 5) is 0. The predicted molar refractivity (Wildman–Crippen MR) is 79.6 cm³/mol. The third-order valence-electron chi connectivity index (χ3n) is 3.44. The number of hydrogen-bond acceptors (Lipinski definition) is 3. The largest absolute Gasteiger partial charge is 0.496 e. The Kier molecular flexibility index (Phi) is 4.30. The Hall–Kier alpha value is -2.00. The first-order chi connectivity index (χ1) is 9.54. The summed E-state index contributed by atoms with van der Waals surface area (Å²) < 4.78 is 11.3. The molecule has 2 aromatic rings. The maximum Gasteiger partial charge on any atom is 0.136 e. The van der Waals surface area contributed by atoms with Crippen molar-refractivity contribution in [2.45, 2.75) is 26.9 Å². The monoisotopic (exact) mass is 272 g/mol. The maximum absolute atomic E-state index is 9.96. The Labute approximate surface area is 119 Å². The summed E-state index contributed by atoms with van der Waals surface area (Å²) in [5, 5.41) is 9.96. The van der Waals surface area contributed by atoms with Gasteiger partial charge < -0.3 is 14.6 Å². The van der Waals surface area contributed by atoms with Crippen LogP contribution >= 0.6 is 0 Å². The molecule has 3 heteroatoms. The fourth-order valence-corrected chi connectivity index (χ4v) is 2.16. The van der Waals surface area contributed by atoms with Crippen LogP contribution in [0.3, 0.4) is 0 Å². The van der Waals surface area contributed by atoms with Gasteiger partial charge in [0.15, 0.2) is 0 Å². The van der Waals surface area contributed by atoms with Crippen LogP contribution in [0.1, 0.15) is 29.7 Å². The zero-order valence-electron chi connectivity index (χ0n) is 12.3. The topological polar surface area (TPSA) is 38.7 Å². The molecule has 106 valence electrons. The van der Waals surface area contributed by atoms with E-state index in [-0.39, 0.29) is 0 Å². The molecule has 0 fully saturated rings. The summed E-state index contributed by atoms with van der Waals surface area (Å²) >= 11 is 0. The molecular formula is C17H20O3. The second kappa shape index (κ2) is 5.97. The molecule has 2 aromatic carbocycles. The summed E-state index contributed by atoms with van der Waals surface area (Å²) in [7, 11) is 1.59. The van der Waals surface area contributed by atoms with Gasteiger partial charge in [0.2, 0.25) is 0 Å². The molecule has 2 rings (SSSR count). The van der Waals surface area contributed by atoms with Crippen molar-refractivity contribution in [3.63, 3.8) is 0 Å². The van der Waals surface area contributed by atoms with Crippen LogP contribution in [0, 0.1) is 13.8 Å². The Bertz CT molecular complexity index is 603. The van der Waals surface area contributed by atoms with E-state index in [4.69, 9.17) is 9.47 Å². The van der Waals surface area contributed by atoms with E-state index in [1.165, 1.54) is 5.56 Å². The second-order valence-corrected chi connectivity index (χ2v) is 4.85. The molecule has 0 saturated heterocycles. The molecule has 0 bridgehead atoms. The van der Waals surface area contributed by atoms with E-state index in [1.807, 2.05) is 50.2 Å². The molecule has 0 aromatic heterocycles. The van der Waals surface area contributed by atoms with Crippen LogP contribution in [0.4, 0.5) is 0 Å². The van der Waals surface area contributed by atoms with Gasteiger partial charge in [-0.25, -0.2) is 0 Å². The van der Waals surface area contributed by atoms with E-state index in [9.17, 15) is 5.11 Å². The van der Waals surface area contributed by atoms with E-state index in [2.05, 4.69) is 0 Å². The van der Waals surface area contributed by atoms with Gasteiger partial charge in [-0.05, 0) is 50.1 Å². The molecule has 0 aliphatic carbocycles. The van der Waals surface area contributed by atoms with Crippen molar-refractivity contribution in [3.8, 4) is 17.2 Å². The van der Waals surface area contributed by atoms with E-state index < -0.39 is 6.10 Å². The molecule has 1 atom stereocenters. The SMILES string of the molecule is COc1cccc(Oc2cccc(C)c2C)c1[C@H](C)O. The lowest BCUT2D eigenvalue weighted by molar-refractivity contribution is 0.190. The average molecular weight is 272 g/mol. The zero-order valence-corrected chi connectivity index (χ0v) is 12.3. The first kappa shape index (κ1) is 14.4. The normalized spacial score (nSPS) is 12.1. The second-order valence-electron chi connectivity index (χ2n) is 4.85. The van der Waals surface area contributed by atoms with Crippen molar-refractivity contribution in [3.05, 3.63) is 53.1 Å². The van der Waals surface area contributed by atoms with Crippen molar-refractivity contribution in [2.75, 3.05) is 7.11 Å². The van der Waals surface area contributed by atoms with Crippen LogP contribution in [0.25, 0.3) is 0 Å². The highest BCUT2D eigenvalue weighted by molar-refractivity contribution is 5.49. The highest BCUT2D eigenvalue weighted by Gasteiger charge is 2.16. The van der Waals surface area contributed by atoms with Crippen LogP contribution in [0.2, 0.25) is 0 Å². The summed E-state index contributed by atoms with van der Waals surface area (Å²) in [6, 6.07) is 11.4. The van der Waals surface area contributed by atoms with Crippen LogP contribution in [-0.2, 0) is 0 Å². The minimum Gasteiger partial charge on any atom is -0.496 e. The minimum atomic E-state index is -0.661. The molecule has 0 spiro atoms. The molecule has 0 aliphatic rings. The fraction of sp³-hybridized carbons (Fsp3) is 0.294. The Morgan fingerprint density at radius 3 is 2.20 bits per heavy atom. The average Bonchev–Trinajstić information content (AvgIpc) is 2.43. The zero-order chi connectivity index (χ0) is 14.7. The quantitative estimate of drug-likeness (QED) is 0.908.